The van der Waals surface area contributed by atoms with E-state index in [-0.39, 0.29) is 21.9 Å². The quantitative estimate of drug-likeness (QED) is 0.457. The standard InChI is InChI=1S/C10H7BrF3N5/c11-4-1-8(6(13)2-5(4)12)17-9-7(14)3-16-10(18-9)19-15/h1-3H,15H2,(H2,16,17,18,19). The fraction of sp³-hybridized carbons (Fsp3) is 0. The number of hydrogen-bond acceptors (Lipinski definition) is 5. The van der Waals surface area contributed by atoms with Crippen LogP contribution < -0.4 is 16.6 Å². The van der Waals surface area contributed by atoms with E-state index < -0.39 is 17.5 Å². The van der Waals surface area contributed by atoms with E-state index in [1.54, 1.807) is 0 Å². The summed E-state index contributed by atoms with van der Waals surface area (Å²) in [6.45, 7) is 0. The first-order valence-electron chi connectivity index (χ1n) is 4.92. The zero-order valence-corrected chi connectivity index (χ0v) is 10.8. The molecule has 4 N–H and O–H groups in total. The smallest absolute Gasteiger partial charge is 0.239 e. The predicted molar refractivity (Wildman–Crippen MR) is 67.1 cm³/mol. The molecule has 0 aliphatic heterocycles. The van der Waals surface area contributed by atoms with Crippen LogP contribution in [0.3, 0.4) is 0 Å². The molecule has 0 fully saturated rings. The third-order valence-corrected chi connectivity index (χ3v) is 2.74. The molecule has 0 spiro atoms. The third-order valence-electron chi connectivity index (χ3n) is 2.14. The van der Waals surface area contributed by atoms with Crippen molar-refractivity contribution in [3.05, 3.63) is 40.3 Å². The summed E-state index contributed by atoms with van der Waals surface area (Å²) in [5.41, 5.74) is 1.98. The van der Waals surface area contributed by atoms with Crippen LogP contribution in [0, 0.1) is 17.5 Å². The maximum absolute atomic E-state index is 13.5. The molecule has 1 aromatic heterocycles. The van der Waals surface area contributed by atoms with E-state index in [1.807, 2.05) is 0 Å². The second kappa shape index (κ2) is 5.41. The number of hydrazine groups is 1. The summed E-state index contributed by atoms with van der Waals surface area (Å²) in [7, 11) is 0. The van der Waals surface area contributed by atoms with Gasteiger partial charge in [0.25, 0.3) is 0 Å². The molecule has 0 saturated carbocycles. The molecule has 0 radical (unpaired) electrons. The lowest BCUT2D eigenvalue weighted by molar-refractivity contribution is 0.581. The van der Waals surface area contributed by atoms with E-state index in [9.17, 15) is 13.2 Å². The van der Waals surface area contributed by atoms with Crippen LogP contribution in [0.4, 0.5) is 30.6 Å². The van der Waals surface area contributed by atoms with Crippen molar-refractivity contribution in [2.24, 2.45) is 5.84 Å². The van der Waals surface area contributed by atoms with Gasteiger partial charge in [-0.25, -0.2) is 24.0 Å². The van der Waals surface area contributed by atoms with E-state index >= 15 is 0 Å². The molecular formula is C10H7BrF3N5. The van der Waals surface area contributed by atoms with Crippen molar-refractivity contribution in [1.29, 1.82) is 0 Å². The van der Waals surface area contributed by atoms with Crippen LogP contribution in [0.15, 0.2) is 22.8 Å². The Hall–Kier alpha value is -1.87. The van der Waals surface area contributed by atoms with Crippen LogP contribution in [-0.2, 0) is 0 Å². The van der Waals surface area contributed by atoms with Gasteiger partial charge < -0.3 is 5.32 Å². The first kappa shape index (κ1) is 13.6. The van der Waals surface area contributed by atoms with Gasteiger partial charge in [0.2, 0.25) is 5.95 Å². The Kier molecular flexibility index (Phi) is 3.86. The fourth-order valence-electron chi connectivity index (χ4n) is 1.27. The number of nitrogens with zero attached hydrogens (tertiary/aromatic N) is 2. The fourth-order valence-corrected chi connectivity index (χ4v) is 1.61. The Bertz CT molecular complexity index is 622. The van der Waals surface area contributed by atoms with Gasteiger partial charge in [0.15, 0.2) is 11.6 Å². The molecule has 0 aliphatic carbocycles. The van der Waals surface area contributed by atoms with Gasteiger partial charge in [0.05, 0.1) is 16.4 Å². The summed E-state index contributed by atoms with van der Waals surface area (Å²) in [4.78, 5) is 7.20. The van der Waals surface area contributed by atoms with Crippen molar-refractivity contribution in [2.45, 2.75) is 0 Å². The molecule has 2 aromatic rings. The Morgan fingerprint density at radius 3 is 2.53 bits per heavy atom. The van der Waals surface area contributed by atoms with Gasteiger partial charge in [-0.3, -0.25) is 5.43 Å². The molecule has 0 unspecified atom stereocenters. The molecule has 0 bridgehead atoms. The average Bonchev–Trinajstić information content (AvgIpc) is 2.38. The molecule has 2 rings (SSSR count). The summed E-state index contributed by atoms with van der Waals surface area (Å²) in [6, 6.07) is 1.79. The molecule has 0 saturated heterocycles. The minimum absolute atomic E-state index is 0.0306. The van der Waals surface area contributed by atoms with Gasteiger partial charge in [-0.2, -0.15) is 4.98 Å². The van der Waals surface area contributed by atoms with Gasteiger partial charge in [0, 0.05) is 6.07 Å². The highest BCUT2D eigenvalue weighted by molar-refractivity contribution is 9.10. The number of aromatic nitrogens is 2. The maximum atomic E-state index is 13.5. The van der Waals surface area contributed by atoms with E-state index in [0.29, 0.717) is 6.07 Å². The summed E-state index contributed by atoms with van der Waals surface area (Å²) in [5, 5.41) is 2.39. The van der Waals surface area contributed by atoms with Crippen LogP contribution in [0.2, 0.25) is 0 Å². The van der Waals surface area contributed by atoms with Crippen LogP contribution in [-0.4, -0.2) is 9.97 Å². The second-order valence-electron chi connectivity index (χ2n) is 3.41. The molecule has 100 valence electrons. The molecule has 0 amide bonds. The number of benzene rings is 1. The third kappa shape index (κ3) is 2.93. The highest BCUT2D eigenvalue weighted by Crippen LogP contribution is 2.26. The van der Waals surface area contributed by atoms with E-state index in [1.165, 1.54) is 0 Å². The molecular weight excluding hydrogens is 327 g/mol. The second-order valence-corrected chi connectivity index (χ2v) is 4.26. The Morgan fingerprint density at radius 1 is 1.11 bits per heavy atom. The van der Waals surface area contributed by atoms with Gasteiger partial charge >= 0.3 is 0 Å². The summed E-state index contributed by atoms with van der Waals surface area (Å²) in [5.74, 6) is 2.28. The van der Waals surface area contributed by atoms with E-state index in [0.717, 1.165) is 12.3 Å². The topological polar surface area (TPSA) is 75.9 Å². The van der Waals surface area contributed by atoms with Gasteiger partial charge in [0.1, 0.15) is 11.6 Å². The number of nitrogen functional groups attached to an aromatic ring is 1. The van der Waals surface area contributed by atoms with Crippen molar-refractivity contribution in [3.8, 4) is 0 Å². The van der Waals surface area contributed by atoms with Crippen molar-refractivity contribution >= 4 is 33.4 Å². The van der Waals surface area contributed by atoms with Gasteiger partial charge in [-0.1, -0.05) is 0 Å². The normalized spacial score (nSPS) is 10.4. The van der Waals surface area contributed by atoms with Gasteiger partial charge in [-0.05, 0) is 22.0 Å². The van der Waals surface area contributed by atoms with Crippen LogP contribution in [0.25, 0.3) is 0 Å². The Labute approximate surface area is 114 Å². The summed E-state index contributed by atoms with van der Waals surface area (Å²) < 4.78 is 40.0. The van der Waals surface area contributed by atoms with Crippen molar-refractivity contribution < 1.29 is 13.2 Å². The number of rotatable bonds is 3. The molecule has 9 heteroatoms. The van der Waals surface area contributed by atoms with Crippen molar-refractivity contribution in [1.82, 2.24) is 9.97 Å². The maximum Gasteiger partial charge on any atom is 0.239 e. The monoisotopic (exact) mass is 333 g/mol. The van der Waals surface area contributed by atoms with E-state index in [4.69, 9.17) is 5.84 Å². The highest BCUT2D eigenvalue weighted by Gasteiger charge is 2.12. The summed E-state index contributed by atoms with van der Waals surface area (Å²) in [6.07, 6.45) is 0.862. The molecule has 1 aromatic carbocycles. The Morgan fingerprint density at radius 2 is 1.84 bits per heavy atom. The molecule has 0 aliphatic rings. The SMILES string of the molecule is NNc1ncc(F)c(Nc2cc(Br)c(F)cc2F)n1. The lowest BCUT2D eigenvalue weighted by Crippen LogP contribution is -2.12. The zero-order chi connectivity index (χ0) is 14.0. The number of hydrogen-bond donors (Lipinski definition) is 3. The van der Waals surface area contributed by atoms with Crippen LogP contribution in [0.5, 0.6) is 0 Å². The zero-order valence-electron chi connectivity index (χ0n) is 9.22. The van der Waals surface area contributed by atoms with Crippen LogP contribution in [0.1, 0.15) is 0 Å². The minimum Gasteiger partial charge on any atom is -0.335 e. The van der Waals surface area contributed by atoms with Crippen molar-refractivity contribution in [3.63, 3.8) is 0 Å². The number of nitrogens with two attached hydrogens (primary N) is 1. The number of nitrogens with one attached hydrogen (secondary N) is 2. The van der Waals surface area contributed by atoms with E-state index in [2.05, 4.69) is 36.6 Å². The Balaban J connectivity index is 2.38. The highest BCUT2D eigenvalue weighted by atomic mass is 79.9. The molecule has 1 heterocycles. The first-order chi connectivity index (χ1) is 9.01. The van der Waals surface area contributed by atoms with Crippen LogP contribution >= 0.6 is 15.9 Å². The van der Waals surface area contributed by atoms with Gasteiger partial charge in [-0.15, -0.1) is 0 Å². The molecule has 0 atom stereocenters. The minimum atomic E-state index is -0.888. The number of anilines is 3. The predicted octanol–water partition coefficient (Wildman–Crippen LogP) is 2.69. The number of halogens is 4. The lowest BCUT2D eigenvalue weighted by Gasteiger charge is -2.09. The lowest BCUT2D eigenvalue weighted by atomic mass is 10.3. The summed E-state index contributed by atoms with van der Waals surface area (Å²) >= 11 is 2.90. The molecule has 5 nitrogen and oxygen atoms in total. The first-order valence-corrected chi connectivity index (χ1v) is 5.71. The average molecular weight is 334 g/mol. The molecule has 19 heavy (non-hydrogen) atoms. The van der Waals surface area contributed by atoms with Crippen molar-refractivity contribution in [2.75, 3.05) is 10.7 Å². The largest absolute Gasteiger partial charge is 0.335 e.